The molecule has 0 aliphatic heterocycles. The Balaban J connectivity index is 4.28. The minimum Gasteiger partial charge on any atom is -0.481 e. The molecule has 0 unspecified atom stereocenters. The smallest absolute Gasteiger partial charge is 0.326 e. The number of carboxylic acid groups (broad SMARTS) is 2. The molecule has 11 N–H and O–H groups in total. The van der Waals surface area contributed by atoms with Gasteiger partial charge in [0.1, 0.15) is 23.9 Å². The number of carbonyl (C=O) groups is 9. The average Bonchev–Trinajstić information content (AvgIpc) is 3.19. The Morgan fingerprint density at radius 2 is 0.847 bits per heavy atom. The first-order chi connectivity index (χ1) is 28.1. The molecule has 0 heterocycles. The first-order valence-corrected chi connectivity index (χ1v) is 20.4. The van der Waals surface area contributed by atoms with E-state index >= 15 is 0 Å². The number of unbranched alkanes of at least 4 members (excludes halogenated alkanes) is 13. The lowest BCUT2D eigenvalue weighted by atomic mass is 10.0. The first kappa shape index (κ1) is 53.9. The first-order valence-electron chi connectivity index (χ1n) is 20.4. The van der Waals surface area contributed by atoms with Crippen LogP contribution in [-0.2, 0) is 43.2 Å². The van der Waals surface area contributed by atoms with E-state index in [1.165, 1.54) is 45.4 Å². The number of aliphatic hydroxyl groups excluding tert-OH is 2. The summed E-state index contributed by atoms with van der Waals surface area (Å²) in [6, 6.07) is -4.08. The van der Waals surface area contributed by atoms with E-state index in [1.807, 2.05) is 0 Å². The molecular formula is C39H67N7O13. The summed E-state index contributed by atoms with van der Waals surface area (Å²) in [6.07, 6.45) is 15.8. The van der Waals surface area contributed by atoms with E-state index in [2.05, 4.69) is 43.8 Å². The summed E-state index contributed by atoms with van der Waals surface area (Å²) in [5.41, 5.74) is 0.549. The number of carboxylic acids is 2. The zero-order valence-corrected chi connectivity index (χ0v) is 34.4. The number of allylic oxidation sites excluding steroid dienone is 1. The Morgan fingerprint density at radius 1 is 0.458 bits per heavy atom. The van der Waals surface area contributed by atoms with Crippen molar-refractivity contribution in [1.82, 2.24) is 37.2 Å². The maximum Gasteiger partial charge on any atom is 0.326 e. The largest absolute Gasteiger partial charge is 0.481 e. The van der Waals surface area contributed by atoms with Gasteiger partial charge in [-0.3, -0.25) is 38.4 Å². The van der Waals surface area contributed by atoms with Crippen molar-refractivity contribution in [2.75, 3.05) is 39.4 Å². The van der Waals surface area contributed by atoms with Crippen LogP contribution in [0.5, 0.6) is 0 Å². The average molecular weight is 842 g/mol. The molecule has 0 aromatic carbocycles. The zero-order chi connectivity index (χ0) is 44.4. The Kier molecular flexibility index (Phi) is 30.9. The van der Waals surface area contributed by atoms with Crippen LogP contribution in [0.15, 0.2) is 12.3 Å². The summed E-state index contributed by atoms with van der Waals surface area (Å²) in [6.45, 7) is 1.35. The zero-order valence-electron chi connectivity index (χ0n) is 34.4. The third-order valence-electron chi connectivity index (χ3n) is 8.95. The topological polar surface area (TPSA) is 319 Å². The predicted molar refractivity (Wildman–Crippen MR) is 215 cm³/mol. The monoisotopic (exact) mass is 841 g/mol. The van der Waals surface area contributed by atoms with Gasteiger partial charge in [-0.1, -0.05) is 83.6 Å². The van der Waals surface area contributed by atoms with Gasteiger partial charge in [-0.15, -0.1) is 0 Å². The minimum absolute atomic E-state index is 0.0897. The van der Waals surface area contributed by atoms with Gasteiger partial charge in [0.15, 0.2) is 0 Å². The third-order valence-corrected chi connectivity index (χ3v) is 8.95. The molecule has 0 aliphatic carbocycles. The lowest BCUT2D eigenvalue weighted by Gasteiger charge is -2.19. The lowest BCUT2D eigenvalue weighted by Crippen LogP contribution is -2.55. The molecule has 0 spiro atoms. The third kappa shape index (κ3) is 30.6. The maximum atomic E-state index is 12.4. The van der Waals surface area contributed by atoms with Gasteiger partial charge >= 0.3 is 11.9 Å². The SMILES string of the molecule is C=C(CCCCCCCCCCCCCCCCC(=O)O)N[C@@H](CCC(=O)NCC(=O)N[C@@H](CO)C(=O)NCC(=O)N[C@@H](CO)C(=O)NCC(=O)NCC(C)=O)C(=O)O. The van der Waals surface area contributed by atoms with Crippen molar-refractivity contribution < 1.29 is 63.6 Å². The van der Waals surface area contributed by atoms with E-state index in [0.29, 0.717) is 12.1 Å². The van der Waals surface area contributed by atoms with Crippen molar-refractivity contribution in [2.24, 2.45) is 0 Å². The van der Waals surface area contributed by atoms with E-state index in [-0.39, 0.29) is 31.6 Å². The molecule has 20 heteroatoms. The molecule has 0 bridgehead atoms. The Bertz CT molecular complexity index is 1360. The molecule has 0 saturated heterocycles. The van der Waals surface area contributed by atoms with Crippen LogP contribution >= 0.6 is 0 Å². The number of rotatable bonds is 37. The highest BCUT2D eigenvalue weighted by Crippen LogP contribution is 2.15. The van der Waals surface area contributed by atoms with Crippen LogP contribution < -0.4 is 37.2 Å². The van der Waals surface area contributed by atoms with Crippen molar-refractivity contribution in [3.8, 4) is 0 Å². The van der Waals surface area contributed by atoms with Gasteiger partial charge < -0.3 is 57.6 Å². The van der Waals surface area contributed by atoms with Crippen molar-refractivity contribution in [2.45, 2.75) is 141 Å². The Labute approximate surface area is 345 Å². The van der Waals surface area contributed by atoms with Crippen molar-refractivity contribution in [3.05, 3.63) is 12.3 Å². The van der Waals surface area contributed by atoms with E-state index in [1.54, 1.807) is 0 Å². The molecule has 0 aromatic rings. The van der Waals surface area contributed by atoms with Crippen molar-refractivity contribution in [3.63, 3.8) is 0 Å². The molecule has 336 valence electrons. The van der Waals surface area contributed by atoms with Crippen LogP contribution in [0, 0.1) is 0 Å². The fraction of sp³-hybridized carbons (Fsp3) is 0.718. The normalized spacial score (nSPS) is 12.2. The predicted octanol–water partition coefficient (Wildman–Crippen LogP) is -0.343. The molecule has 20 nitrogen and oxygen atoms in total. The molecule has 6 amide bonds. The summed E-state index contributed by atoms with van der Waals surface area (Å²) in [5.74, 6) is -7.21. The molecule has 0 fully saturated rings. The maximum absolute atomic E-state index is 12.4. The second-order valence-corrected chi connectivity index (χ2v) is 14.3. The quantitative estimate of drug-likeness (QED) is 0.0357. The number of ketones is 1. The van der Waals surface area contributed by atoms with Gasteiger partial charge in [0.2, 0.25) is 35.4 Å². The van der Waals surface area contributed by atoms with E-state index in [0.717, 1.165) is 51.4 Å². The number of carbonyl (C=O) groups excluding carboxylic acids is 7. The summed E-state index contributed by atoms with van der Waals surface area (Å²) >= 11 is 0. The number of nitrogens with one attached hydrogen (secondary N) is 7. The summed E-state index contributed by atoms with van der Waals surface area (Å²) < 4.78 is 0. The molecule has 0 aromatic heterocycles. The lowest BCUT2D eigenvalue weighted by molar-refractivity contribution is -0.140. The summed E-state index contributed by atoms with van der Waals surface area (Å²) in [5, 5.41) is 53.4. The Morgan fingerprint density at radius 3 is 1.25 bits per heavy atom. The number of hydrogen-bond donors (Lipinski definition) is 11. The molecule has 0 radical (unpaired) electrons. The minimum atomic E-state index is -1.52. The van der Waals surface area contributed by atoms with Crippen molar-refractivity contribution >= 4 is 53.2 Å². The van der Waals surface area contributed by atoms with Gasteiger partial charge in [-0.25, -0.2) is 4.79 Å². The fourth-order valence-corrected chi connectivity index (χ4v) is 5.60. The van der Waals surface area contributed by atoms with E-state index in [9.17, 15) is 58.5 Å². The second-order valence-electron chi connectivity index (χ2n) is 14.3. The molecule has 59 heavy (non-hydrogen) atoms. The highest BCUT2D eigenvalue weighted by molar-refractivity contribution is 5.94. The molecule has 0 aliphatic rings. The molecular weight excluding hydrogens is 774 g/mol. The number of Topliss-reactive ketones (excluding diaryl/α,β-unsaturated/α-hetero) is 1. The van der Waals surface area contributed by atoms with Crippen LogP contribution in [0.2, 0.25) is 0 Å². The van der Waals surface area contributed by atoms with Crippen molar-refractivity contribution in [1.29, 1.82) is 0 Å². The number of amides is 6. The molecule has 0 rings (SSSR count). The fourth-order valence-electron chi connectivity index (χ4n) is 5.60. The van der Waals surface area contributed by atoms with Gasteiger partial charge in [0, 0.05) is 18.5 Å². The van der Waals surface area contributed by atoms with Crippen LogP contribution in [0.25, 0.3) is 0 Å². The summed E-state index contributed by atoms with van der Waals surface area (Å²) in [4.78, 5) is 106. The Hall–Kier alpha value is -5.11. The van der Waals surface area contributed by atoms with Crippen LogP contribution in [0.1, 0.15) is 122 Å². The highest BCUT2D eigenvalue weighted by atomic mass is 16.4. The standard InChI is InChI=1S/C39H67N7O13/c1-27(17-15-13-11-9-7-5-3-4-6-8-10-12-14-16-18-36(54)55)44-29(39(58)59)19-20-32(50)41-23-34(52)45-31(26-48)38(57)43-24-35(53)46-30(25-47)37(56)42-22-33(51)40-21-28(2)49/h29-31,44,47-48H,1,3-26H2,2H3,(H,40,51)(H,41,50)(H,42,56)(H,43,57)(H,45,52)(H,46,53)(H,54,55)(H,58,59)/t29-,30-,31-/m0/s1. The van der Waals surface area contributed by atoms with Crippen LogP contribution in [0.3, 0.4) is 0 Å². The molecule has 3 atom stereocenters. The van der Waals surface area contributed by atoms with Gasteiger partial charge in [0.25, 0.3) is 0 Å². The number of aliphatic carboxylic acids is 2. The highest BCUT2D eigenvalue weighted by Gasteiger charge is 2.24. The van der Waals surface area contributed by atoms with Crippen LogP contribution in [0.4, 0.5) is 0 Å². The van der Waals surface area contributed by atoms with Gasteiger partial charge in [-0.05, 0) is 32.6 Å². The molecule has 0 saturated carbocycles. The summed E-state index contributed by atoms with van der Waals surface area (Å²) in [7, 11) is 0. The van der Waals surface area contributed by atoms with Gasteiger partial charge in [-0.2, -0.15) is 0 Å². The van der Waals surface area contributed by atoms with E-state index < -0.39 is 98.4 Å². The van der Waals surface area contributed by atoms with Gasteiger partial charge in [0.05, 0.1) is 39.4 Å². The number of aliphatic hydroxyl groups is 2. The number of hydrogen-bond acceptors (Lipinski definition) is 12. The van der Waals surface area contributed by atoms with Crippen LogP contribution in [-0.4, -0.2) is 131 Å². The second kappa shape index (κ2) is 33.8. The van der Waals surface area contributed by atoms with E-state index in [4.69, 9.17) is 5.11 Å².